The van der Waals surface area contributed by atoms with Crippen LogP contribution >= 0.6 is 0 Å². The Labute approximate surface area is 175 Å². The Morgan fingerprint density at radius 2 is 1.67 bits per heavy atom. The number of carbonyl (C=O) groups is 1. The Morgan fingerprint density at radius 3 is 2.53 bits per heavy atom. The van der Waals surface area contributed by atoms with E-state index in [1.165, 1.54) is 0 Å². The number of urea groups is 1. The molecule has 0 radical (unpaired) electrons. The number of amides is 2. The van der Waals surface area contributed by atoms with Crippen LogP contribution in [0, 0.1) is 18.8 Å². The van der Waals surface area contributed by atoms with Crippen molar-refractivity contribution in [2.45, 2.75) is 13.5 Å². The molecule has 0 fully saturated rings. The van der Waals surface area contributed by atoms with Gasteiger partial charge < -0.3 is 15.2 Å². The summed E-state index contributed by atoms with van der Waals surface area (Å²) >= 11 is 0. The minimum absolute atomic E-state index is 0.245. The number of nitrogens with zero attached hydrogens (tertiary/aromatic N) is 2. The van der Waals surface area contributed by atoms with Crippen molar-refractivity contribution in [3.8, 4) is 11.8 Å². The van der Waals surface area contributed by atoms with Crippen LogP contribution in [0.3, 0.4) is 0 Å². The first-order valence-electron chi connectivity index (χ1n) is 9.83. The molecule has 1 heterocycles. The smallest absolute Gasteiger partial charge is 0.319 e. The second kappa shape index (κ2) is 8.97. The van der Waals surface area contributed by atoms with E-state index in [2.05, 4.69) is 32.0 Å². The molecule has 0 spiro atoms. The summed E-state index contributed by atoms with van der Waals surface area (Å²) in [4.78, 5) is 16.8. The molecule has 0 aliphatic carbocycles. The molecule has 1 aromatic heterocycles. The monoisotopic (exact) mass is 394 g/mol. The standard InChI is InChI=1S/C25H22N4O/c1-19-27-23-12-5-6-13-24(23)29(19)17-16-26-25(30)28-22-11-7-10-21(18-22)15-14-20-8-3-2-4-9-20/h2-13,18H,16-17H2,1H3,(H2,26,28,30). The van der Waals surface area contributed by atoms with Crippen molar-refractivity contribution in [1.29, 1.82) is 0 Å². The molecule has 5 nitrogen and oxygen atoms in total. The maximum atomic E-state index is 12.3. The minimum Gasteiger partial charge on any atom is -0.336 e. The molecule has 0 aliphatic heterocycles. The minimum atomic E-state index is -0.245. The molecule has 0 unspecified atom stereocenters. The molecule has 5 heteroatoms. The van der Waals surface area contributed by atoms with Gasteiger partial charge in [-0.05, 0) is 49.4 Å². The van der Waals surface area contributed by atoms with E-state index < -0.39 is 0 Å². The fourth-order valence-electron chi connectivity index (χ4n) is 3.28. The van der Waals surface area contributed by atoms with Crippen molar-refractivity contribution in [2.75, 3.05) is 11.9 Å². The van der Waals surface area contributed by atoms with E-state index in [0.29, 0.717) is 18.8 Å². The SMILES string of the molecule is Cc1nc2ccccc2n1CCNC(=O)Nc1cccc(C#Cc2ccccc2)c1. The van der Waals surface area contributed by atoms with Crippen molar-refractivity contribution >= 4 is 22.8 Å². The molecule has 2 N–H and O–H groups in total. The highest BCUT2D eigenvalue weighted by Crippen LogP contribution is 2.15. The average Bonchev–Trinajstić information content (AvgIpc) is 3.08. The molecular formula is C25H22N4O. The number of rotatable bonds is 4. The first kappa shape index (κ1) is 19.3. The summed E-state index contributed by atoms with van der Waals surface area (Å²) in [5.41, 5.74) is 4.54. The van der Waals surface area contributed by atoms with Gasteiger partial charge in [-0.1, -0.05) is 48.2 Å². The van der Waals surface area contributed by atoms with Crippen molar-refractivity contribution in [2.24, 2.45) is 0 Å². The third-order valence-electron chi connectivity index (χ3n) is 4.71. The number of benzene rings is 3. The molecular weight excluding hydrogens is 372 g/mol. The molecule has 148 valence electrons. The Morgan fingerprint density at radius 1 is 0.933 bits per heavy atom. The van der Waals surface area contributed by atoms with Crippen LogP contribution in [0.2, 0.25) is 0 Å². The molecule has 4 aromatic rings. The van der Waals surface area contributed by atoms with Gasteiger partial charge in [0.2, 0.25) is 0 Å². The molecule has 0 saturated carbocycles. The van der Waals surface area contributed by atoms with Crippen LogP contribution in [0.15, 0.2) is 78.9 Å². The summed E-state index contributed by atoms with van der Waals surface area (Å²) in [6, 6.07) is 25.1. The highest BCUT2D eigenvalue weighted by atomic mass is 16.2. The third-order valence-corrected chi connectivity index (χ3v) is 4.71. The molecule has 0 saturated heterocycles. The van der Waals surface area contributed by atoms with Crippen LogP contribution in [0.4, 0.5) is 10.5 Å². The largest absolute Gasteiger partial charge is 0.336 e. The maximum absolute atomic E-state index is 12.3. The lowest BCUT2D eigenvalue weighted by atomic mass is 10.1. The Kier molecular flexibility index (Phi) is 5.77. The lowest BCUT2D eigenvalue weighted by Crippen LogP contribution is -2.31. The Bertz CT molecular complexity index is 1230. The van der Waals surface area contributed by atoms with Gasteiger partial charge in [-0.3, -0.25) is 0 Å². The fourth-order valence-corrected chi connectivity index (χ4v) is 3.28. The average molecular weight is 394 g/mol. The van der Waals surface area contributed by atoms with Gasteiger partial charge >= 0.3 is 6.03 Å². The number of aromatic nitrogens is 2. The van der Waals surface area contributed by atoms with Gasteiger partial charge in [0.1, 0.15) is 5.82 Å². The van der Waals surface area contributed by atoms with Crippen molar-refractivity contribution in [3.05, 3.63) is 95.8 Å². The van der Waals surface area contributed by atoms with Crippen LogP contribution < -0.4 is 10.6 Å². The molecule has 30 heavy (non-hydrogen) atoms. The Hall–Kier alpha value is -4.04. The van der Waals surface area contributed by atoms with Gasteiger partial charge in [0.05, 0.1) is 11.0 Å². The summed E-state index contributed by atoms with van der Waals surface area (Å²) in [5, 5.41) is 5.77. The van der Waals surface area contributed by atoms with Gasteiger partial charge in [-0.2, -0.15) is 0 Å². The number of para-hydroxylation sites is 2. The quantitative estimate of drug-likeness (QED) is 0.498. The van der Waals surface area contributed by atoms with E-state index in [1.807, 2.05) is 85.8 Å². The number of fused-ring (bicyclic) bond motifs is 1. The molecule has 0 bridgehead atoms. The topological polar surface area (TPSA) is 59.0 Å². The number of carbonyl (C=O) groups excluding carboxylic acids is 1. The predicted octanol–water partition coefficient (Wildman–Crippen LogP) is 4.57. The van der Waals surface area contributed by atoms with E-state index in [4.69, 9.17) is 0 Å². The van der Waals surface area contributed by atoms with Gasteiger partial charge in [0.25, 0.3) is 0 Å². The summed E-state index contributed by atoms with van der Waals surface area (Å²) in [6.07, 6.45) is 0. The van der Waals surface area contributed by atoms with Crippen molar-refractivity contribution in [3.63, 3.8) is 0 Å². The second-order valence-corrected chi connectivity index (χ2v) is 6.88. The predicted molar refractivity (Wildman–Crippen MR) is 120 cm³/mol. The number of imidazole rings is 1. The van der Waals surface area contributed by atoms with Gasteiger partial charge in [0.15, 0.2) is 0 Å². The number of anilines is 1. The van der Waals surface area contributed by atoms with Crippen LogP contribution in [0.5, 0.6) is 0 Å². The normalized spacial score (nSPS) is 10.3. The first-order chi connectivity index (χ1) is 14.7. The highest BCUT2D eigenvalue weighted by Gasteiger charge is 2.07. The lowest BCUT2D eigenvalue weighted by molar-refractivity contribution is 0.251. The van der Waals surface area contributed by atoms with Crippen LogP contribution in [-0.2, 0) is 6.54 Å². The fraction of sp³-hybridized carbons (Fsp3) is 0.120. The van der Waals surface area contributed by atoms with E-state index in [0.717, 1.165) is 28.0 Å². The lowest BCUT2D eigenvalue weighted by Gasteiger charge is -2.10. The van der Waals surface area contributed by atoms with Crippen LogP contribution in [0.25, 0.3) is 11.0 Å². The number of aryl methyl sites for hydroxylation is 1. The van der Waals surface area contributed by atoms with Crippen LogP contribution in [0.1, 0.15) is 17.0 Å². The summed E-state index contributed by atoms with van der Waals surface area (Å²) in [6.45, 7) is 3.13. The maximum Gasteiger partial charge on any atom is 0.319 e. The first-order valence-corrected chi connectivity index (χ1v) is 9.83. The van der Waals surface area contributed by atoms with Gasteiger partial charge in [0, 0.05) is 29.9 Å². The molecule has 3 aromatic carbocycles. The van der Waals surface area contributed by atoms with E-state index in [-0.39, 0.29) is 6.03 Å². The Balaban J connectivity index is 1.34. The molecule has 4 rings (SSSR count). The number of hydrogen-bond donors (Lipinski definition) is 2. The van der Waals surface area contributed by atoms with E-state index in [9.17, 15) is 4.79 Å². The van der Waals surface area contributed by atoms with Crippen molar-refractivity contribution in [1.82, 2.24) is 14.9 Å². The molecule has 0 aliphatic rings. The number of nitrogens with one attached hydrogen (secondary N) is 2. The summed E-state index contributed by atoms with van der Waals surface area (Å²) in [7, 11) is 0. The zero-order chi connectivity index (χ0) is 20.8. The zero-order valence-electron chi connectivity index (χ0n) is 16.7. The summed E-state index contributed by atoms with van der Waals surface area (Å²) < 4.78 is 2.11. The highest BCUT2D eigenvalue weighted by molar-refractivity contribution is 5.89. The zero-order valence-corrected chi connectivity index (χ0v) is 16.7. The summed E-state index contributed by atoms with van der Waals surface area (Å²) in [5.74, 6) is 7.19. The molecule has 2 amide bonds. The third kappa shape index (κ3) is 4.68. The number of hydrogen-bond acceptors (Lipinski definition) is 2. The van der Waals surface area contributed by atoms with Gasteiger partial charge in [-0.25, -0.2) is 9.78 Å². The second-order valence-electron chi connectivity index (χ2n) is 6.88. The van der Waals surface area contributed by atoms with E-state index >= 15 is 0 Å². The van der Waals surface area contributed by atoms with Gasteiger partial charge in [-0.15, -0.1) is 0 Å². The van der Waals surface area contributed by atoms with Crippen LogP contribution in [-0.4, -0.2) is 22.1 Å². The van der Waals surface area contributed by atoms with E-state index in [1.54, 1.807) is 0 Å². The molecule has 0 atom stereocenters. The van der Waals surface area contributed by atoms with Crippen molar-refractivity contribution < 1.29 is 4.79 Å².